The summed E-state index contributed by atoms with van der Waals surface area (Å²) >= 11 is 0. The Morgan fingerprint density at radius 1 is 1.53 bits per heavy atom. The number of carbonyl (C=O) groups is 1. The zero-order valence-corrected chi connectivity index (χ0v) is 9.67. The Balaban J connectivity index is 2.08. The lowest BCUT2D eigenvalue weighted by Gasteiger charge is -1.96. The predicted molar refractivity (Wildman–Crippen MR) is 65.5 cm³/mol. The van der Waals surface area contributed by atoms with E-state index in [-0.39, 0.29) is 12.4 Å². The average Bonchev–Trinajstić information content (AvgIpc) is 2.73. The number of ether oxygens (including phenoxy) is 1. The van der Waals surface area contributed by atoms with Gasteiger partial charge >= 0.3 is 5.97 Å². The first-order chi connectivity index (χ1) is 8.31. The van der Waals surface area contributed by atoms with Crippen LogP contribution in [-0.2, 0) is 9.53 Å². The van der Waals surface area contributed by atoms with Crippen molar-refractivity contribution >= 4 is 17.6 Å². The van der Waals surface area contributed by atoms with Gasteiger partial charge in [-0.2, -0.15) is 0 Å². The van der Waals surface area contributed by atoms with Crippen molar-refractivity contribution in [2.24, 2.45) is 0 Å². The molecule has 0 aromatic carbocycles. The van der Waals surface area contributed by atoms with Crippen LogP contribution in [0.4, 0.5) is 0 Å². The number of aromatic nitrogens is 2. The molecule has 0 N–H and O–H groups in total. The van der Waals surface area contributed by atoms with Crippen molar-refractivity contribution in [3.05, 3.63) is 42.5 Å². The molecule has 0 saturated heterocycles. The van der Waals surface area contributed by atoms with Gasteiger partial charge in [-0.3, -0.25) is 4.79 Å². The highest BCUT2D eigenvalue weighted by molar-refractivity contribution is 5.74. The number of imidazole rings is 1. The molecule has 0 aliphatic heterocycles. The van der Waals surface area contributed by atoms with Crippen LogP contribution in [0.5, 0.6) is 0 Å². The highest BCUT2D eigenvalue weighted by atomic mass is 16.5. The molecule has 17 heavy (non-hydrogen) atoms. The standard InChI is InChI=1S/C13H14N2O2/c1-2-17-13(16)8-5-6-11-12-7-3-4-9-15(12)10-14-11/h3-7,9-10H,2,8H2,1H3/b6-5+. The summed E-state index contributed by atoms with van der Waals surface area (Å²) in [6, 6.07) is 5.89. The van der Waals surface area contributed by atoms with Crippen LogP contribution in [0, 0.1) is 0 Å². The highest BCUT2D eigenvalue weighted by Crippen LogP contribution is 2.10. The summed E-state index contributed by atoms with van der Waals surface area (Å²) in [5.41, 5.74) is 1.88. The third-order valence-electron chi connectivity index (χ3n) is 2.34. The molecule has 88 valence electrons. The molecule has 0 radical (unpaired) electrons. The first kappa shape index (κ1) is 11.4. The molecule has 0 saturated carbocycles. The molecule has 2 aromatic heterocycles. The molecule has 0 spiro atoms. The van der Waals surface area contributed by atoms with Gasteiger partial charge in [0, 0.05) is 6.20 Å². The van der Waals surface area contributed by atoms with Crippen LogP contribution in [0.2, 0.25) is 0 Å². The first-order valence-corrected chi connectivity index (χ1v) is 5.55. The van der Waals surface area contributed by atoms with Crippen LogP contribution < -0.4 is 0 Å². The molecule has 4 nitrogen and oxygen atoms in total. The third-order valence-corrected chi connectivity index (χ3v) is 2.34. The maximum atomic E-state index is 11.1. The van der Waals surface area contributed by atoms with Crippen molar-refractivity contribution < 1.29 is 9.53 Å². The molecule has 2 rings (SSSR count). The van der Waals surface area contributed by atoms with E-state index in [9.17, 15) is 4.79 Å². The van der Waals surface area contributed by atoms with Crippen LogP contribution in [0.15, 0.2) is 36.8 Å². The maximum absolute atomic E-state index is 11.1. The number of carbonyl (C=O) groups excluding carboxylic acids is 1. The molecule has 2 aromatic rings. The number of fused-ring (bicyclic) bond motifs is 1. The molecule has 0 bridgehead atoms. The summed E-state index contributed by atoms with van der Waals surface area (Å²) in [6.07, 6.45) is 7.57. The van der Waals surface area contributed by atoms with Gasteiger partial charge in [-0.05, 0) is 25.1 Å². The van der Waals surface area contributed by atoms with Gasteiger partial charge in [-0.25, -0.2) is 4.98 Å². The monoisotopic (exact) mass is 230 g/mol. The lowest BCUT2D eigenvalue weighted by molar-refractivity contribution is -0.142. The van der Waals surface area contributed by atoms with E-state index >= 15 is 0 Å². The summed E-state index contributed by atoms with van der Waals surface area (Å²) < 4.78 is 6.77. The van der Waals surface area contributed by atoms with Crippen molar-refractivity contribution in [1.29, 1.82) is 0 Å². The Morgan fingerprint density at radius 2 is 2.41 bits per heavy atom. The number of nitrogens with zero attached hydrogens (tertiary/aromatic N) is 2. The van der Waals surface area contributed by atoms with Crippen molar-refractivity contribution in [3.63, 3.8) is 0 Å². The van der Waals surface area contributed by atoms with E-state index in [2.05, 4.69) is 4.98 Å². The van der Waals surface area contributed by atoms with E-state index in [4.69, 9.17) is 4.74 Å². The summed E-state index contributed by atoms with van der Waals surface area (Å²) in [7, 11) is 0. The Morgan fingerprint density at radius 3 is 3.24 bits per heavy atom. The Kier molecular flexibility index (Phi) is 3.55. The fourth-order valence-corrected chi connectivity index (χ4v) is 1.58. The number of hydrogen-bond donors (Lipinski definition) is 0. The first-order valence-electron chi connectivity index (χ1n) is 5.55. The van der Waals surface area contributed by atoms with Crippen LogP contribution in [0.3, 0.4) is 0 Å². The second kappa shape index (κ2) is 5.30. The topological polar surface area (TPSA) is 43.6 Å². The second-order valence-corrected chi connectivity index (χ2v) is 3.53. The molecule has 2 heterocycles. The number of pyridine rings is 1. The zero-order chi connectivity index (χ0) is 12.1. The lowest BCUT2D eigenvalue weighted by atomic mass is 10.3. The highest BCUT2D eigenvalue weighted by Gasteiger charge is 2.00. The third kappa shape index (κ3) is 2.72. The van der Waals surface area contributed by atoms with Crippen LogP contribution >= 0.6 is 0 Å². The van der Waals surface area contributed by atoms with Crippen LogP contribution in [0.25, 0.3) is 11.6 Å². The molecular formula is C13H14N2O2. The van der Waals surface area contributed by atoms with E-state index in [1.807, 2.05) is 34.9 Å². The molecule has 0 fully saturated rings. The Hall–Kier alpha value is -2.10. The van der Waals surface area contributed by atoms with Crippen LogP contribution in [0.1, 0.15) is 19.0 Å². The molecule has 0 atom stereocenters. The summed E-state index contributed by atoms with van der Waals surface area (Å²) in [5, 5.41) is 0. The summed E-state index contributed by atoms with van der Waals surface area (Å²) in [4.78, 5) is 15.4. The molecule has 0 aliphatic rings. The van der Waals surface area contributed by atoms with Gasteiger partial charge in [0.25, 0.3) is 0 Å². The predicted octanol–water partition coefficient (Wildman–Crippen LogP) is 2.30. The van der Waals surface area contributed by atoms with Crippen molar-refractivity contribution in [2.45, 2.75) is 13.3 Å². The molecule has 0 aliphatic carbocycles. The van der Waals surface area contributed by atoms with E-state index < -0.39 is 0 Å². The lowest BCUT2D eigenvalue weighted by Crippen LogP contribution is -2.01. The number of hydrogen-bond acceptors (Lipinski definition) is 3. The quantitative estimate of drug-likeness (QED) is 0.757. The Bertz CT molecular complexity index is 543. The van der Waals surface area contributed by atoms with Crippen molar-refractivity contribution in [2.75, 3.05) is 6.61 Å². The van der Waals surface area contributed by atoms with Crippen molar-refractivity contribution in [3.8, 4) is 0 Å². The van der Waals surface area contributed by atoms with E-state index in [0.29, 0.717) is 6.61 Å². The van der Waals surface area contributed by atoms with Gasteiger partial charge in [-0.1, -0.05) is 12.1 Å². The van der Waals surface area contributed by atoms with Gasteiger partial charge in [0.05, 0.1) is 30.6 Å². The van der Waals surface area contributed by atoms with E-state index in [1.165, 1.54) is 0 Å². The minimum atomic E-state index is -0.215. The Labute approximate surface area is 99.5 Å². The smallest absolute Gasteiger partial charge is 0.309 e. The molecule has 4 heteroatoms. The summed E-state index contributed by atoms with van der Waals surface area (Å²) in [5.74, 6) is -0.215. The van der Waals surface area contributed by atoms with Crippen molar-refractivity contribution in [1.82, 2.24) is 9.38 Å². The summed E-state index contributed by atoms with van der Waals surface area (Å²) in [6.45, 7) is 2.21. The van der Waals surface area contributed by atoms with Gasteiger partial charge in [0.2, 0.25) is 0 Å². The number of esters is 1. The largest absolute Gasteiger partial charge is 0.466 e. The minimum Gasteiger partial charge on any atom is -0.466 e. The molecule has 0 unspecified atom stereocenters. The van der Waals surface area contributed by atoms with Gasteiger partial charge < -0.3 is 9.14 Å². The van der Waals surface area contributed by atoms with Crippen LogP contribution in [-0.4, -0.2) is 22.0 Å². The molecule has 0 amide bonds. The minimum absolute atomic E-state index is 0.215. The maximum Gasteiger partial charge on any atom is 0.309 e. The normalized spacial score (nSPS) is 11.1. The zero-order valence-electron chi connectivity index (χ0n) is 9.67. The fraction of sp³-hybridized carbons (Fsp3) is 0.231. The molecular weight excluding hydrogens is 216 g/mol. The second-order valence-electron chi connectivity index (χ2n) is 3.53. The van der Waals surface area contributed by atoms with E-state index in [0.717, 1.165) is 11.2 Å². The van der Waals surface area contributed by atoms with Gasteiger partial charge in [0.1, 0.15) is 0 Å². The average molecular weight is 230 g/mol. The van der Waals surface area contributed by atoms with E-state index in [1.54, 1.807) is 19.3 Å². The fourth-order valence-electron chi connectivity index (χ4n) is 1.58. The number of rotatable bonds is 4. The van der Waals surface area contributed by atoms with Gasteiger partial charge in [-0.15, -0.1) is 0 Å². The SMILES string of the molecule is CCOC(=O)C/C=C/c1ncn2ccccc12. The van der Waals surface area contributed by atoms with Gasteiger partial charge in [0.15, 0.2) is 0 Å².